The summed E-state index contributed by atoms with van der Waals surface area (Å²) in [7, 11) is 0. The summed E-state index contributed by atoms with van der Waals surface area (Å²) in [6, 6.07) is 0. The van der Waals surface area contributed by atoms with Crippen LogP contribution < -0.4 is 0 Å². The first-order valence-corrected chi connectivity index (χ1v) is 14.0. The molecule has 180 valence electrons. The van der Waals surface area contributed by atoms with Gasteiger partial charge in [-0.3, -0.25) is 0 Å². The molecule has 0 spiro atoms. The maximum Gasteiger partial charge on any atom is 0.0110 e. The number of piperidine rings is 1. The number of nitrogens with zero attached hydrogens (tertiary/aromatic N) is 3. The van der Waals surface area contributed by atoms with E-state index >= 15 is 0 Å². The molecule has 1 heterocycles. The molecule has 1 aliphatic rings. The molecule has 0 amide bonds. The Morgan fingerprint density at radius 2 is 0.900 bits per heavy atom. The lowest BCUT2D eigenvalue weighted by atomic mass is 10.1. The van der Waals surface area contributed by atoms with Gasteiger partial charge in [-0.25, -0.2) is 0 Å². The van der Waals surface area contributed by atoms with E-state index < -0.39 is 0 Å². The van der Waals surface area contributed by atoms with E-state index in [0.29, 0.717) is 0 Å². The zero-order valence-electron chi connectivity index (χ0n) is 21.3. The Bertz CT molecular complexity index is 329. The first-order chi connectivity index (χ1) is 14.8. The van der Waals surface area contributed by atoms with Crippen molar-refractivity contribution in [2.75, 3.05) is 58.9 Å². The van der Waals surface area contributed by atoms with Gasteiger partial charge in [-0.2, -0.15) is 0 Å². The summed E-state index contributed by atoms with van der Waals surface area (Å²) in [4.78, 5) is 8.32. The van der Waals surface area contributed by atoms with E-state index in [1.54, 1.807) is 0 Å². The molecule has 0 aromatic heterocycles. The highest BCUT2D eigenvalue weighted by Crippen LogP contribution is 2.10. The molecule has 1 saturated heterocycles. The van der Waals surface area contributed by atoms with Gasteiger partial charge in [0.2, 0.25) is 0 Å². The fourth-order valence-electron chi connectivity index (χ4n) is 4.71. The van der Waals surface area contributed by atoms with Crippen LogP contribution in [0.4, 0.5) is 0 Å². The monoisotopic (exact) mass is 423 g/mol. The van der Waals surface area contributed by atoms with Crippen molar-refractivity contribution < 1.29 is 0 Å². The van der Waals surface area contributed by atoms with Crippen LogP contribution in [0.25, 0.3) is 0 Å². The molecule has 0 aromatic rings. The molecule has 0 bridgehead atoms. The van der Waals surface area contributed by atoms with Crippen LogP contribution in [0.15, 0.2) is 0 Å². The van der Waals surface area contributed by atoms with Gasteiger partial charge in [0.15, 0.2) is 0 Å². The molecule has 0 saturated carbocycles. The van der Waals surface area contributed by atoms with E-state index in [9.17, 15) is 0 Å². The van der Waals surface area contributed by atoms with Crippen LogP contribution >= 0.6 is 0 Å². The van der Waals surface area contributed by atoms with Crippen molar-refractivity contribution in [1.82, 2.24) is 14.7 Å². The van der Waals surface area contributed by atoms with E-state index in [2.05, 4.69) is 35.5 Å². The Balaban J connectivity index is 2.42. The Labute approximate surface area is 191 Å². The van der Waals surface area contributed by atoms with Crippen LogP contribution in [-0.2, 0) is 0 Å². The Hall–Kier alpha value is -0.120. The molecule has 0 unspecified atom stereocenters. The van der Waals surface area contributed by atoms with Gasteiger partial charge in [0, 0.05) is 26.2 Å². The number of unbranched alkanes of at least 4 members (excludes halogenated alkanes) is 9. The zero-order valence-corrected chi connectivity index (χ0v) is 21.3. The third-order valence-electron chi connectivity index (χ3n) is 6.90. The molecular formula is C27H57N3. The minimum Gasteiger partial charge on any atom is -0.302 e. The summed E-state index contributed by atoms with van der Waals surface area (Å²) in [6.45, 7) is 18.7. The molecule has 3 heteroatoms. The molecule has 1 aliphatic heterocycles. The minimum atomic E-state index is 1.28. The molecule has 30 heavy (non-hydrogen) atoms. The second-order valence-corrected chi connectivity index (χ2v) is 9.77. The maximum absolute atomic E-state index is 2.80. The highest BCUT2D eigenvalue weighted by molar-refractivity contribution is 4.70. The average Bonchev–Trinajstić information content (AvgIpc) is 2.78. The summed E-state index contributed by atoms with van der Waals surface area (Å²) in [6.07, 6.45) is 20.9. The highest BCUT2D eigenvalue weighted by atomic mass is 15.2. The molecule has 0 aliphatic carbocycles. The molecule has 1 rings (SSSR count). The normalized spacial score (nSPS) is 15.5. The lowest BCUT2D eigenvalue weighted by molar-refractivity contribution is 0.159. The maximum atomic E-state index is 2.80. The Morgan fingerprint density at radius 1 is 0.467 bits per heavy atom. The third kappa shape index (κ3) is 15.6. The number of likely N-dealkylation sites (tertiary alicyclic amines) is 1. The first-order valence-electron chi connectivity index (χ1n) is 14.0. The van der Waals surface area contributed by atoms with Gasteiger partial charge in [0.05, 0.1) is 0 Å². The van der Waals surface area contributed by atoms with Crippen LogP contribution in [0.2, 0.25) is 0 Å². The van der Waals surface area contributed by atoms with Crippen LogP contribution in [-0.4, -0.2) is 73.6 Å². The van der Waals surface area contributed by atoms with E-state index in [1.807, 2.05) is 0 Å². The van der Waals surface area contributed by atoms with Gasteiger partial charge in [0.1, 0.15) is 0 Å². The largest absolute Gasteiger partial charge is 0.302 e. The molecular weight excluding hydrogens is 366 g/mol. The second-order valence-electron chi connectivity index (χ2n) is 9.77. The van der Waals surface area contributed by atoms with Crippen molar-refractivity contribution in [2.24, 2.45) is 0 Å². The van der Waals surface area contributed by atoms with Crippen molar-refractivity contribution in [3.63, 3.8) is 0 Å². The molecule has 0 atom stereocenters. The summed E-state index contributed by atoms with van der Waals surface area (Å²) < 4.78 is 0. The van der Waals surface area contributed by atoms with Crippen molar-refractivity contribution in [1.29, 1.82) is 0 Å². The predicted molar refractivity (Wildman–Crippen MR) is 136 cm³/mol. The van der Waals surface area contributed by atoms with Crippen LogP contribution in [0, 0.1) is 0 Å². The van der Waals surface area contributed by atoms with Gasteiger partial charge in [-0.05, 0) is 64.8 Å². The van der Waals surface area contributed by atoms with Crippen LogP contribution in [0.1, 0.15) is 117 Å². The first kappa shape index (κ1) is 27.9. The summed E-state index contributed by atoms with van der Waals surface area (Å²) in [5.41, 5.74) is 0. The van der Waals surface area contributed by atoms with Crippen LogP contribution in [0.5, 0.6) is 0 Å². The van der Waals surface area contributed by atoms with E-state index in [-0.39, 0.29) is 0 Å². The van der Waals surface area contributed by atoms with Gasteiger partial charge < -0.3 is 14.7 Å². The number of hydrogen-bond acceptors (Lipinski definition) is 3. The topological polar surface area (TPSA) is 9.72 Å². The fraction of sp³-hybridized carbons (Fsp3) is 1.00. The van der Waals surface area contributed by atoms with Crippen LogP contribution in [0.3, 0.4) is 0 Å². The van der Waals surface area contributed by atoms with E-state index in [0.717, 1.165) is 0 Å². The highest BCUT2D eigenvalue weighted by Gasteiger charge is 2.13. The lowest BCUT2D eigenvalue weighted by Gasteiger charge is -2.31. The summed E-state index contributed by atoms with van der Waals surface area (Å²) in [5, 5.41) is 0. The molecule has 1 fully saturated rings. The molecule has 3 nitrogen and oxygen atoms in total. The zero-order chi connectivity index (χ0) is 21.7. The standard InChI is InChI=1S/C27H57N3/c1-4-7-10-14-19-28(20-15-11-8-5-2)24-26-30(23-16-12-9-6-3)27-25-29-21-17-13-18-22-29/h4-27H2,1-3H3. The van der Waals surface area contributed by atoms with Crippen molar-refractivity contribution in [2.45, 2.75) is 117 Å². The predicted octanol–water partition coefficient (Wildman–Crippen LogP) is 6.82. The average molecular weight is 424 g/mol. The van der Waals surface area contributed by atoms with Crippen molar-refractivity contribution in [3.05, 3.63) is 0 Å². The SMILES string of the molecule is CCCCCCN(CCCCCC)CCN(CCCCCC)CCN1CCCCC1. The number of hydrogen-bond donors (Lipinski definition) is 0. The quantitative estimate of drug-likeness (QED) is 0.188. The van der Waals surface area contributed by atoms with Gasteiger partial charge >= 0.3 is 0 Å². The number of rotatable bonds is 21. The third-order valence-corrected chi connectivity index (χ3v) is 6.90. The molecule has 0 N–H and O–H groups in total. The van der Waals surface area contributed by atoms with Crippen molar-refractivity contribution in [3.8, 4) is 0 Å². The van der Waals surface area contributed by atoms with Crippen molar-refractivity contribution >= 4 is 0 Å². The Morgan fingerprint density at radius 3 is 1.33 bits per heavy atom. The van der Waals surface area contributed by atoms with Gasteiger partial charge in [-0.15, -0.1) is 0 Å². The molecule has 0 aromatic carbocycles. The molecule has 0 radical (unpaired) electrons. The van der Waals surface area contributed by atoms with Gasteiger partial charge in [0.25, 0.3) is 0 Å². The smallest absolute Gasteiger partial charge is 0.0110 e. The second kappa shape index (κ2) is 20.8. The Kier molecular flexibility index (Phi) is 19.3. The van der Waals surface area contributed by atoms with Gasteiger partial charge in [-0.1, -0.05) is 85.0 Å². The van der Waals surface area contributed by atoms with E-state index in [4.69, 9.17) is 0 Å². The minimum absolute atomic E-state index is 1.28. The van der Waals surface area contributed by atoms with E-state index in [1.165, 1.54) is 155 Å². The summed E-state index contributed by atoms with van der Waals surface area (Å²) >= 11 is 0. The fourth-order valence-corrected chi connectivity index (χ4v) is 4.71. The summed E-state index contributed by atoms with van der Waals surface area (Å²) in [5.74, 6) is 0. The lowest BCUT2D eigenvalue weighted by Crippen LogP contribution is -2.41.